The molecular weight excluding hydrogens is 188 g/mol. The van der Waals surface area contributed by atoms with E-state index in [1.807, 2.05) is 0 Å². The zero-order valence-corrected chi connectivity index (χ0v) is 7.34. The summed E-state index contributed by atoms with van der Waals surface area (Å²) in [6.07, 6.45) is 1.72. The molecule has 8 heteroatoms. The largest absolute Gasteiger partial charge is 0.364 e. The van der Waals surface area contributed by atoms with Crippen molar-refractivity contribution in [2.45, 2.75) is 0 Å². The Bertz CT molecular complexity index is 370. The summed E-state index contributed by atoms with van der Waals surface area (Å²) < 4.78 is 0. The van der Waals surface area contributed by atoms with Gasteiger partial charge in [0.2, 0.25) is 6.41 Å². The van der Waals surface area contributed by atoms with Crippen LogP contribution in [0.1, 0.15) is 10.5 Å². The second-order valence-electron chi connectivity index (χ2n) is 2.33. The number of nitrogens with zero attached hydrogens (tertiary/aromatic N) is 4. The van der Waals surface area contributed by atoms with Crippen molar-refractivity contribution < 1.29 is 9.59 Å². The fraction of sp³-hybridized carbons (Fsp3) is 0.167. The summed E-state index contributed by atoms with van der Waals surface area (Å²) in [7, 11) is 1.40. The highest BCUT2D eigenvalue weighted by molar-refractivity contribution is 5.94. The molecule has 0 spiro atoms. The van der Waals surface area contributed by atoms with Gasteiger partial charge in [0.05, 0.1) is 6.33 Å². The van der Waals surface area contributed by atoms with Crippen LogP contribution in [0.2, 0.25) is 0 Å². The van der Waals surface area contributed by atoms with Crippen molar-refractivity contribution >= 4 is 18.1 Å². The molecule has 1 rings (SSSR count). The third kappa shape index (κ3) is 2.12. The van der Waals surface area contributed by atoms with Gasteiger partial charge in [-0.05, 0) is 0 Å². The predicted octanol–water partition coefficient (Wildman–Crippen LogP) is -0.405. The third-order valence-corrected chi connectivity index (χ3v) is 1.29. The number of hydrogen-bond donors (Lipinski definition) is 2. The van der Waals surface area contributed by atoms with Gasteiger partial charge in [0.15, 0.2) is 11.5 Å². The summed E-state index contributed by atoms with van der Waals surface area (Å²) in [5, 5.41) is 7.93. The Labute approximate surface area is 78.8 Å². The second kappa shape index (κ2) is 4.12. The van der Waals surface area contributed by atoms with Crippen molar-refractivity contribution in [2.75, 3.05) is 7.05 Å². The van der Waals surface area contributed by atoms with Crippen LogP contribution in [0.5, 0.6) is 0 Å². The van der Waals surface area contributed by atoms with Gasteiger partial charge in [-0.15, -0.1) is 5.11 Å². The summed E-state index contributed by atoms with van der Waals surface area (Å²) >= 11 is 0. The third-order valence-electron chi connectivity index (χ3n) is 1.29. The average molecular weight is 196 g/mol. The number of rotatable bonds is 4. The summed E-state index contributed by atoms with van der Waals surface area (Å²) in [4.78, 5) is 27.1. The molecule has 74 valence electrons. The van der Waals surface area contributed by atoms with Crippen molar-refractivity contribution in [2.24, 2.45) is 16.1 Å². The zero-order valence-electron chi connectivity index (χ0n) is 7.34. The molecule has 3 N–H and O–H groups in total. The molecule has 0 aromatic carbocycles. The summed E-state index contributed by atoms with van der Waals surface area (Å²) in [5.41, 5.74) is 4.97. The first-order chi connectivity index (χ1) is 6.65. The van der Waals surface area contributed by atoms with E-state index < -0.39 is 5.91 Å². The van der Waals surface area contributed by atoms with Gasteiger partial charge in [-0.3, -0.25) is 9.59 Å². The van der Waals surface area contributed by atoms with E-state index >= 15 is 0 Å². The Morgan fingerprint density at radius 3 is 3.07 bits per heavy atom. The van der Waals surface area contributed by atoms with Crippen LogP contribution >= 0.6 is 0 Å². The van der Waals surface area contributed by atoms with Gasteiger partial charge in [0, 0.05) is 7.05 Å². The first-order valence-electron chi connectivity index (χ1n) is 3.58. The predicted molar refractivity (Wildman–Crippen MR) is 45.4 cm³/mol. The maximum absolute atomic E-state index is 10.8. The maximum Gasteiger partial charge on any atom is 0.271 e. The van der Waals surface area contributed by atoms with Crippen LogP contribution in [-0.4, -0.2) is 34.3 Å². The zero-order chi connectivity index (χ0) is 10.6. The molecule has 0 bridgehead atoms. The number of aromatic amines is 1. The molecular formula is C6H8N6O2. The number of hydrogen-bond acceptors (Lipinski definition) is 5. The first-order valence-corrected chi connectivity index (χ1v) is 3.58. The van der Waals surface area contributed by atoms with Gasteiger partial charge in [-0.1, -0.05) is 5.22 Å². The van der Waals surface area contributed by atoms with Crippen molar-refractivity contribution in [3.05, 3.63) is 12.0 Å². The van der Waals surface area contributed by atoms with Gasteiger partial charge >= 0.3 is 0 Å². The van der Waals surface area contributed by atoms with E-state index in [2.05, 4.69) is 20.3 Å². The fourth-order valence-electron chi connectivity index (χ4n) is 0.680. The van der Waals surface area contributed by atoms with E-state index in [0.29, 0.717) is 6.41 Å². The molecule has 8 nitrogen and oxygen atoms in total. The second-order valence-corrected chi connectivity index (χ2v) is 2.33. The van der Waals surface area contributed by atoms with E-state index in [1.54, 1.807) is 0 Å². The molecule has 0 aliphatic heterocycles. The number of imidazole rings is 1. The molecule has 14 heavy (non-hydrogen) atoms. The number of nitrogens with two attached hydrogens (primary N) is 1. The van der Waals surface area contributed by atoms with E-state index in [0.717, 1.165) is 5.01 Å². The molecule has 0 radical (unpaired) electrons. The Balaban J connectivity index is 2.86. The van der Waals surface area contributed by atoms with Crippen molar-refractivity contribution in [1.82, 2.24) is 15.0 Å². The Hall–Kier alpha value is -2.25. The highest BCUT2D eigenvalue weighted by Gasteiger charge is 2.10. The smallest absolute Gasteiger partial charge is 0.271 e. The van der Waals surface area contributed by atoms with Crippen molar-refractivity contribution in [3.8, 4) is 0 Å². The fourth-order valence-corrected chi connectivity index (χ4v) is 0.680. The molecule has 2 amide bonds. The summed E-state index contributed by atoms with van der Waals surface area (Å²) in [5.74, 6) is -0.597. The Morgan fingerprint density at radius 2 is 2.50 bits per heavy atom. The minimum absolute atomic E-state index is 0.0203. The summed E-state index contributed by atoms with van der Waals surface area (Å²) in [6, 6.07) is 0. The van der Waals surface area contributed by atoms with Gasteiger partial charge in [-0.25, -0.2) is 9.99 Å². The van der Waals surface area contributed by atoms with Crippen LogP contribution in [-0.2, 0) is 4.79 Å². The maximum atomic E-state index is 10.8. The summed E-state index contributed by atoms with van der Waals surface area (Å²) in [6.45, 7) is 0. The lowest BCUT2D eigenvalue weighted by Crippen LogP contribution is -2.11. The molecule has 0 unspecified atom stereocenters. The highest BCUT2D eigenvalue weighted by Crippen LogP contribution is 2.12. The average Bonchev–Trinajstić information content (AvgIpc) is 2.62. The minimum atomic E-state index is -0.714. The van der Waals surface area contributed by atoms with Crippen LogP contribution in [0.4, 0.5) is 5.82 Å². The number of carbonyl (C=O) groups is 2. The lowest BCUT2D eigenvalue weighted by atomic mass is 10.4. The molecule has 0 saturated heterocycles. The molecule has 1 aromatic heterocycles. The van der Waals surface area contributed by atoms with Crippen molar-refractivity contribution in [3.63, 3.8) is 0 Å². The molecule has 0 saturated carbocycles. The number of aromatic nitrogens is 2. The molecule has 0 fully saturated rings. The number of nitrogens with one attached hydrogen (secondary N) is 1. The first kappa shape index (κ1) is 9.84. The van der Waals surface area contributed by atoms with Gasteiger partial charge in [0.25, 0.3) is 5.91 Å². The lowest BCUT2D eigenvalue weighted by Gasteiger charge is -1.97. The monoisotopic (exact) mass is 196 g/mol. The molecule has 1 aromatic rings. The topological polar surface area (TPSA) is 117 Å². The molecule has 0 aliphatic carbocycles. The SMILES string of the molecule is CN(C=O)/N=N/c1[nH]cnc1C(N)=O. The number of carbonyl (C=O) groups excluding carboxylic acids is 2. The van der Waals surface area contributed by atoms with Gasteiger partial charge < -0.3 is 10.7 Å². The van der Waals surface area contributed by atoms with E-state index in [-0.39, 0.29) is 11.5 Å². The minimum Gasteiger partial charge on any atom is -0.364 e. The van der Waals surface area contributed by atoms with E-state index in [4.69, 9.17) is 5.73 Å². The van der Waals surface area contributed by atoms with Crippen LogP contribution in [0.3, 0.4) is 0 Å². The van der Waals surface area contributed by atoms with Crippen LogP contribution < -0.4 is 5.73 Å². The van der Waals surface area contributed by atoms with Gasteiger partial charge in [-0.2, -0.15) is 0 Å². The Morgan fingerprint density at radius 1 is 1.79 bits per heavy atom. The number of H-pyrrole nitrogens is 1. The van der Waals surface area contributed by atoms with Crippen LogP contribution in [0, 0.1) is 0 Å². The normalized spacial score (nSPS) is 10.4. The van der Waals surface area contributed by atoms with E-state index in [1.165, 1.54) is 13.4 Å². The Kier molecular flexibility index (Phi) is 2.89. The molecule has 1 heterocycles. The van der Waals surface area contributed by atoms with Crippen LogP contribution in [0.25, 0.3) is 0 Å². The quantitative estimate of drug-likeness (QED) is 0.387. The molecule has 0 aliphatic rings. The van der Waals surface area contributed by atoms with Gasteiger partial charge in [0.1, 0.15) is 0 Å². The number of primary amides is 1. The lowest BCUT2D eigenvalue weighted by molar-refractivity contribution is -0.117. The van der Waals surface area contributed by atoms with Crippen molar-refractivity contribution in [1.29, 1.82) is 0 Å². The van der Waals surface area contributed by atoms with Crippen LogP contribution in [0.15, 0.2) is 16.7 Å². The van der Waals surface area contributed by atoms with E-state index in [9.17, 15) is 9.59 Å². The highest BCUT2D eigenvalue weighted by atomic mass is 16.1. The standard InChI is InChI=1S/C6H8N6O2/c1-12(3-13)11-10-6-4(5(7)14)8-2-9-6/h2-3H,1H3,(H2,7,14)(H,8,9)/b11-10+. The number of amides is 2. The molecule has 0 atom stereocenters.